The summed E-state index contributed by atoms with van der Waals surface area (Å²) in [7, 11) is 1.75. The molecule has 0 aliphatic heterocycles. The van der Waals surface area contributed by atoms with Crippen LogP contribution in [0.3, 0.4) is 0 Å². The quantitative estimate of drug-likeness (QED) is 0.206. The van der Waals surface area contributed by atoms with Crippen molar-refractivity contribution in [3.63, 3.8) is 0 Å². The molecule has 37 heavy (non-hydrogen) atoms. The van der Waals surface area contributed by atoms with Gasteiger partial charge in [0.05, 0.1) is 23.5 Å². The molecular formula is C32H32N4O. The Balaban J connectivity index is 1.54. The first-order chi connectivity index (χ1) is 18.1. The first-order valence-corrected chi connectivity index (χ1v) is 12.7. The Hall–Kier alpha value is -4.09. The molecule has 1 aliphatic carbocycles. The van der Waals surface area contributed by atoms with Crippen molar-refractivity contribution >= 4 is 17.2 Å². The molecular weight excluding hydrogens is 456 g/mol. The Kier molecular flexibility index (Phi) is 7.24. The largest absolute Gasteiger partial charge is 0.491 e. The van der Waals surface area contributed by atoms with E-state index in [1.165, 1.54) is 12.0 Å². The van der Waals surface area contributed by atoms with Crippen LogP contribution in [0, 0.1) is 0 Å². The van der Waals surface area contributed by atoms with E-state index in [4.69, 9.17) is 20.4 Å². The van der Waals surface area contributed by atoms with Crippen molar-refractivity contribution in [2.45, 2.75) is 31.2 Å². The van der Waals surface area contributed by atoms with Gasteiger partial charge in [-0.3, -0.25) is 4.99 Å². The number of fused-ring (bicyclic) bond motifs is 1. The second-order valence-corrected chi connectivity index (χ2v) is 9.45. The summed E-state index contributed by atoms with van der Waals surface area (Å²) in [5.74, 6) is 0.713. The number of allylic oxidation sites excluding steroid dienone is 2. The van der Waals surface area contributed by atoms with Gasteiger partial charge in [-0.1, -0.05) is 73.3 Å². The lowest BCUT2D eigenvalue weighted by Gasteiger charge is -2.38. The number of ether oxygens (including phenoxy) is 1. The second kappa shape index (κ2) is 10.9. The first kappa shape index (κ1) is 24.6. The van der Waals surface area contributed by atoms with Crippen molar-refractivity contribution in [2.75, 3.05) is 13.7 Å². The smallest absolute Gasteiger partial charge is 0.147 e. The van der Waals surface area contributed by atoms with Gasteiger partial charge in [-0.05, 0) is 48.6 Å². The van der Waals surface area contributed by atoms with Gasteiger partial charge in [-0.15, -0.1) is 0 Å². The summed E-state index contributed by atoms with van der Waals surface area (Å²) in [6, 6.07) is 24.6. The number of para-hydroxylation sites is 1. The zero-order chi connectivity index (χ0) is 25.7. The minimum Gasteiger partial charge on any atom is -0.491 e. The highest BCUT2D eigenvalue weighted by Crippen LogP contribution is 2.40. The molecule has 0 atom stereocenters. The molecule has 0 spiro atoms. The topological polar surface area (TPSA) is 73.4 Å². The van der Waals surface area contributed by atoms with Crippen molar-refractivity contribution in [3.05, 3.63) is 103 Å². The molecule has 5 heteroatoms. The standard InChI is InChI=1S/C32H32N4O/c1-3-23(17-21-34-2)18-22-37-28-12-7-11-27-31(28)36-30(29(35-27)24-9-5-4-6-10-24)25-13-15-26(16-14-25)32(33)19-8-20-32/h3-7,9-17,21H,1,8,18-20,22,33H2,2H3/b23-17+,34-21?. The van der Waals surface area contributed by atoms with E-state index in [2.05, 4.69) is 48.0 Å². The van der Waals surface area contributed by atoms with Gasteiger partial charge < -0.3 is 10.5 Å². The Morgan fingerprint density at radius 2 is 1.70 bits per heavy atom. The SMILES string of the molecule is C=C/C(=C\C=NC)CCOc1cccc2nc(-c3ccccc3)c(-c3ccc(C4(N)CCC4)cc3)nc12. The number of aromatic nitrogens is 2. The number of rotatable bonds is 9. The van der Waals surface area contributed by atoms with E-state index in [0.717, 1.165) is 58.4 Å². The summed E-state index contributed by atoms with van der Waals surface area (Å²) in [5, 5.41) is 0. The summed E-state index contributed by atoms with van der Waals surface area (Å²) in [4.78, 5) is 14.2. The maximum atomic E-state index is 6.57. The number of aliphatic imine (C=N–C) groups is 1. The number of nitrogens with two attached hydrogens (primary N) is 1. The van der Waals surface area contributed by atoms with Crippen LogP contribution in [0.5, 0.6) is 5.75 Å². The Morgan fingerprint density at radius 1 is 0.973 bits per heavy atom. The number of benzene rings is 3. The highest BCUT2D eigenvalue weighted by atomic mass is 16.5. The van der Waals surface area contributed by atoms with Crippen molar-refractivity contribution in [2.24, 2.45) is 10.7 Å². The van der Waals surface area contributed by atoms with E-state index in [9.17, 15) is 0 Å². The molecule has 4 aromatic rings. The molecule has 186 valence electrons. The lowest BCUT2D eigenvalue weighted by Crippen LogP contribution is -2.43. The summed E-state index contributed by atoms with van der Waals surface area (Å²) in [5.41, 5.74) is 13.9. The van der Waals surface area contributed by atoms with Crippen LogP contribution in [0.2, 0.25) is 0 Å². The molecule has 0 bridgehead atoms. The van der Waals surface area contributed by atoms with Crippen molar-refractivity contribution in [1.29, 1.82) is 0 Å². The third-order valence-electron chi connectivity index (χ3n) is 7.03. The van der Waals surface area contributed by atoms with E-state index in [1.807, 2.05) is 48.6 Å². The van der Waals surface area contributed by atoms with E-state index in [0.29, 0.717) is 12.4 Å². The van der Waals surface area contributed by atoms with Crippen LogP contribution in [0.15, 0.2) is 102 Å². The molecule has 5 rings (SSSR count). The third kappa shape index (κ3) is 5.23. The molecule has 1 aliphatic rings. The van der Waals surface area contributed by atoms with Gasteiger partial charge in [-0.2, -0.15) is 0 Å². The van der Waals surface area contributed by atoms with E-state index in [-0.39, 0.29) is 5.54 Å². The van der Waals surface area contributed by atoms with Crippen LogP contribution in [0.1, 0.15) is 31.2 Å². The summed E-state index contributed by atoms with van der Waals surface area (Å²) in [6.07, 6.45) is 9.51. The molecule has 3 aromatic carbocycles. The fourth-order valence-corrected chi connectivity index (χ4v) is 4.68. The van der Waals surface area contributed by atoms with Crippen LogP contribution < -0.4 is 10.5 Å². The first-order valence-electron chi connectivity index (χ1n) is 12.7. The molecule has 0 radical (unpaired) electrons. The van der Waals surface area contributed by atoms with Crippen molar-refractivity contribution < 1.29 is 4.74 Å². The molecule has 0 unspecified atom stereocenters. The fraction of sp³-hybridized carbons (Fsp3) is 0.219. The maximum Gasteiger partial charge on any atom is 0.147 e. The van der Waals surface area contributed by atoms with Crippen molar-refractivity contribution in [1.82, 2.24) is 9.97 Å². The molecule has 1 aromatic heterocycles. The molecule has 5 nitrogen and oxygen atoms in total. The van der Waals surface area contributed by atoms with Gasteiger partial charge in [0, 0.05) is 36.3 Å². The van der Waals surface area contributed by atoms with E-state index >= 15 is 0 Å². The molecule has 2 N–H and O–H groups in total. The Labute approximate surface area is 218 Å². The fourth-order valence-electron chi connectivity index (χ4n) is 4.68. The minimum atomic E-state index is -0.196. The molecule has 1 saturated carbocycles. The predicted octanol–water partition coefficient (Wildman–Crippen LogP) is 6.88. The third-order valence-corrected chi connectivity index (χ3v) is 7.03. The average molecular weight is 489 g/mol. The summed E-state index contributed by atoms with van der Waals surface area (Å²) < 4.78 is 6.20. The number of nitrogens with zero attached hydrogens (tertiary/aromatic N) is 3. The lowest BCUT2D eigenvalue weighted by molar-refractivity contribution is 0.253. The number of hydrogen-bond donors (Lipinski definition) is 1. The molecule has 0 saturated heterocycles. The molecule has 1 heterocycles. The van der Waals surface area contributed by atoms with E-state index < -0.39 is 0 Å². The van der Waals surface area contributed by atoms with Gasteiger partial charge in [-0.25, -0.2) is 9.97 Å². The van der Waals surface area contributed by atoms with Crippen LogP contribution in [0.4, 0.5) is 0 Å². The summed E-state index contributed by atoms with van der Waals surface area (Å²) in [6.45, 7) is 4.39. The second-order valence-electron chi connectivity index (χ2n) is 9.45. The average Bonchev–Trinajstić information content (AvgIpc) is 2.93. The maximum absolute atomic E-state index is 6.57. The Bertz CT molecular complexity index is 1450. The van der Waals surface area contributed by atoms with Crippen LogP contribution >= 0.6 is 0 Å². The minimum absolute atomic E-state index is 0.196. The zero-order valence-electron chi connectivity index (χ0n) is 21.2. The molecule has 1 fully saturated rings. The van der Waals surface area contributed by atoms with Gasteiger partial charge in [0.15, 0.2) is 0 Å². The van der Waals surface area contributed by atoms with Crippen LogP contribution in [-0.2, 0) is 5.54 Å². The van der Waals surface area contributed by atoms with Crippen LogP contribution in [-0.4, -0.2) is 29.8 Å². The van der Waals surface area contributed by atoms with Gasteiger partial charge in [0.1, 0.15) is 11.3 Å². The van der Waals surface area contributed by atoms with E-state index in [1.54, 1.807) is 13.3 Å². The van der Waals surface area contributed by atoms with Crippen LogP contribution in [0.25, 0.3) is 33.5 Å². The monoisotopic (exact) mass is 488 g/mol. The molecule has 0 amide bonds. The van der Waals surface area contributed by atoms with Crippen molar-refractivity contribution in [3.8, 4) is 28.3 Å². The predicted molar refractivity (Wildman–Crippen MR) is 153 cm³/mol. The number of hydrogen-bond acceptors (Lipinski definition) is 5. The Morgan fingerprint density at radius 3 is 2.38 bits per heavy atom. The van der Waals surface area contributed by atoms with Gasteiger partial charge >= 0.3 is 0 Å². The lowest BCUT2D eigenvalue weighted by atomic mass is 9.72. The highest BCUT2D eigenvalue weighted by Gasteiger charge is 2.34. The normalized spacial score (nSPS) is 15.0. The highest BCUT2D eigenvalue weighted by molar-refractivity contribution is 5.89. The van der Waals surface area contributed by atoms with Gasteiger partial charge in [0.25, 0.3) is 0 Å². The summed E-state index contributed by atoms with van der Waals surface area (Å²) >= 11 is 0. The van der Waals surface area contributed by atoms with Gasteiger partial charge in [0.2, 0.25) is 0 Å². The zero-order valence-corrected chi connectivity index (χ0v) is 21.2.